The lowest BCUT2D eigenvalue weighted by Gasteiger charge is -2.01. The van der Waals surface area contributed by atoms with Gasteiger partial charge < -0.3 is 4.52 Å². The number of halogens is 2. The van der Waals surface area contributed by atoms with Crippen molar-refractivity contribution in [3.8, 4) is 11.4 Å². The van der Waals surface area contributed by atoms with Gasteiger partial charge >= 0.3 is 0 Å². The molecule has 19 heavy (non-hydrogen) atoms. The summed E-state index contributed by atoms with van der Waals surface area (Å²) in [7, 11) is 0. The minimum absolute atomic E-state index is 0.0764. The molecule has 0 aliphatic carbocycles. The lowest BCUT2D eigenvalue weighted by atomic mass is 10.1. The fourth-order valence-corrected chi connectivity index (χ4v) is 2.10. The average molecular weight is 344 g/mol. The third-order valence-corrected chi connectivity index (χ3v) is 4.04. The Bertz CT molecular complexity index is 612. The van der Waals surface area contributed by atoms with Crippen LogP contribution in [0, 0.1) is 0 Å². The van der Waals surface area contributed by atoms with E-state index in [1.165, 1.54) is 0 Å². The Hall–Kier alpha value is -1.20. The Morgan fingerprint density at radius 3 is 2.89 bits per heavy atom. The number of aromatic nitrogens is 2. The highest BCUT2D eigenvalue weighted by molar-refractivity contribution is 9.10. The van der Waals surface area contributed by atoms with Gasteiger partial charge in [-0.2, -0.15) is 4.98 Å². The van der Waals surface area contributed by atoms with Gasteiger partial charge in [0.05, 0.1) is 10.9 Å². The minimum Gasteiger partial charge on any atom is -0.338 e. The fourth-order valence-electron chi connectivity index (χ4n) is 1.61. The molecule has 0 bridgehead atoms. The monoisotopic (exact) mass is 342 g/mol. The summed E-state index contributed by atoms with van der Waals surface area (Å²) in [5.74, 6) is 0.491. The summed E-state index contributed by atoms with van der Waals surface area (Å²) in [6, 6.07) is 5.36. The van der Waals surface area contributed by atoms with Crippen LogP contribution in [0.5, 0.6) is 0 Å². The second kappa shape index (κ2) is 5.84. The van der Waals surface area contributed by atoms with Crippen molar-refractivity contribution in [2.75, 3.05) is 0 Å². The van der Waals surface area contributed by atoms with Crippen molar-refractivity contribution in [1.82, 2.24) is 10.1 Å². The third kappa shape index (κ3) is 3.04. The quantitative estimate of drug-likeness (QED) is 0.833. The van der Waals surface area contributed by atoms with Crippen LogP contribution in [0.3, 0.4) is 0 Å². The first-order valence-corrected chi connectivity index (χ1v) is 7.01. The zero-order valence-corrected chi connectivity index (χ0v) is 12.8. The Morgan fingerprint density at radius 1 is 1.53 bits per heavy atom. The van der Waals surface area contributed by atoms with Crippen molar-refractivity contribution in [2.45, 2.75) is 26.2 Å². The van der Waals surface area contributed by atoms with Crippen molar-refractivity contribution in [1.29, 1.82) is 0 Å². The van der Waals surface area contributed by atoms with Gasteiger partial charge in [-0.3, -0.25) is 4.79 Å². The lowest BCUT2D eigenvalue weighted by Crippen LogP contribution is -2.07. The van der Waals surface area contributed by atoms with Crippen molar-refractivity contribution < 1.29 is 9.32 Å². The Labute approximate surface area is 124 Å². The second-order valence-electron chi connectivity index (χ2n) is 4.13. The van der Waals surface area contributed by atoms with Gasteiger partial charge in [-0.15, -0.1) is 0 Å². The Kier molecular flexibility index (Phi) is 4.37. The molecule has 0 spiro atoms. The van der Waals surface area contributed by atoms with Crippen molar-refractivity contribution in [3.63, 3.8) is 0 Å². The molecular formula is C13H12BrClN2O2. The summed E-state index contributed by atoms with van der Waals surface area (Å²) < 4.78 is 5.90. The standard InChI is InChI=1S/C13H12BrClN2O2/c1-3-11(18)7(2)13-16-12(17-19-13)8-4-5-10(15)9(14)6-8/h4-7H,3H2,1-2H3. The van der Waals surface area contributed by atoms with Crippen LogP contribution in [0.2, 0.25) is 5.02 Å². The molecule has 0 saturated heterocycles. The first-order valence-electron chi connectivity index (χ1n) is 5.84. The first-order chi connectivity index (χ1) is 9.02. The van der Waals surface area contributed by atoms with E-state index in [4.69, 9.17) is 16.1 Å². The number of hydrogen-bond acceptors (Lipinski definition) is 4. The van der Waals surface area contributed by atoms with Crippen LogP contribution >= 0.6 is 27.5 Å². The van der Waals surface area contributed by atoms with E-state index in [1.807, 2.05) is 13.0 Å². The third-order valence-electron chi connectivity index (χ3n) is 2.82. The van der Waals surface area contributed by atoms with Gasteiger partial charge in [0.2, 0.25) is 11.7 Å². The number of carbonyl (C=O) groups excluding carboxylic acids is 1. The van der Waals surface area contributed by atoms with Crippen LogP contribution in [-0.2, 0) is 4.79 Å². The van der Waals surface area contributed by atoms with E-state index in [0.29, 0.717) is 23.2 Å². The number of benzene rings is 1. The fraction of sp³-hybridized carbons (Fsp3) is 0.308. The van der Waals surface area contributed by atoms with Gasteiger partial charge in [-0.25, -0.2) is 0 Å². The van der Waals surface area contributed by atoms with Gasteiger partial charge in [0, 0.05) is 16.5 Å². The predicted octanol–water partition coefficient (Wildman–Crippen LogP) is 4.24. The van der Waals surface area contributed by atoms with Gasteiger partial charge in [0.25, 0.3) is 0 Å². The number of carbonyl (C=O) groups is 1. The molecule has 4 nitrogen and oxygen atoms in total. The molecule has 1 unspecified atom stereocenters. The van der Waals surface area contributed by atoms with Gasteiger partial charge in [0.15, 0.2) is 0 Å². The second-order valence-corrected chi connectivity index (χ2v) is 5.39. The van der Waals surface area contributed by atoms with Crippen LogP contribution in [0.15, 0.2) is 27.2 Å². The molecule has 1 atom stereocenters. The number of Topliss-reactive ketones (excluding diaryl/α,β-unsaturated/α-hetero) is 1. The molecule has 1 aromatic carbocycles. The summed E-state index contributed by atoms with van der Waals surface area (Å²) in [6.07, 6.45) is 0.450. The smallest absolute Gasteiger partial charge is 0.237 e. The summed E-state index contributed by atoms with van der Waals surface area (Å²) >= 11 is 9.27. The summed E-state index contributed by atoms with van der Waals surface area (Å²) in [6.45, 7) is 3.58. The molecule has 0 amide bonds. The van der Waals surface area contributed by atoms with Crippen LogP contribution in [-0.4, -0.2) is 15.9 Å². The summed E-state index contributed by atoms with van der Waals surface area (Å²) in [4.78, 5) is 15.9. The molecule has 100 valence electrons. The molecule has 2 rings (SSSR count). The first kappa shape index (κ1) is 14.2. The molecule has 0 fully saturated rings. The van der Waals surface area contributed by atoms with Gasteiger partial charge in [-0.05, 0) is 41.1 Å². The molecule has 1 aromatic heterocycles. The van der Waals surface area contributed by atoms with E-state index in [2.05, 4.69) is 26.1 Å². The normalized spacial score (nSPS) is 12.4. The molecule has 0 N–H and O–H groups in total. The number of rotatable bonds is 4. The molecule has 2 aromatic rings. The van der Waals surface area contributed by atoms with E-state index < -0.39 is 0 Å². The summed E-state index contributed by atoms with van der Waals surface area (Å²) in [5.41, 5.74) is 0.780. The SMILES string of the molecule is CCC(=O)C(C)c1nc(-c2ccc(Cl)c(Br)c2)no1. The van der Waals surface area contributed by atoms with E-state index in [9.17, 15) is 4.79 Å². The minimum atomic E-state index is -0.373. The van der Waals surface area contributed by atoms with E-state index in [1.54, 1.807) is 19.1 Å². The average Bonchev–Trinajstić information content (AvgIpc) is 2.89. The van der Waals surface area contributed by atoms with Crippen LogP contribution in [0.1, 0.15) is 32.1 Å². The highest BCUT2D eigenvalue weighted by Crippen LogP contribution is 2.28. The van der Waals surface area contributed by atoms with Crippen molar-refractivity contribution in [2.24, 2.45) is 0 Å². The highest BCUT2D eigenvalue weighted by atomic mass is 79.9. The molecule has 0 saturated carbocycles. The number of nitrogens with zero attached hydrogens (tertiary/aromatic N) is 2. The molecule has 0 aliphatic rings. The maximum atomic E-state index is 11.6. The lowest BCUT2D eigenvalue weighted by molar-refractivity contribution is -0.120. The number of ketones is 1. The van der Waals surface area contributed by atoms with Crippen LogP contribution in [0.4, 0.5) is 0 Å². The largest absolute Gasteiger partial charge is 0.338 e. The molecule has 0 radical (unpaired) electrons. The highest BCUT2D eigenvalue weighted by Gasteiger charge is 2.20. The molecule has 1 heterocycles. The van der Waals surface area contributed by atoms with Crippen LogP contribution in [0.25, 0.3) is 11.4 Å². The molecule has 0 aliphatic heterocycles. The maximum absolute atomic E-state index is 11.6. The van der Waals surface area contributed by atoms with Gasteiger partial charge in [0.1, 0.15) is 5.78 Å². The zero-order chi connectivity index (χ0) is 14.0. The predicted molar refractivity (Wildman–Crippen MR) is 76.2 cm³/mol. The Morgan fingerprint density at radius 2 is 2.26 bits per heavy atom. The summed E-state index contributed by atoms with van der Waals surface area (Å²) in [5, 5.41) is 4.51. The van der Waals surface area contributed by atoms with Crippen molar-refractivity contribution in [3.05, 3.63) is 33.6 Å². The van der Waals surface area contributed by atoms with E-state index in [-0.39, 0.29) is 11.7 Å². The molecular weight excluding hydrogens is 332 g/mol. The molecule has 6 heteroatoms. The van der Waals surface area contributed by atoms with E-state index >= 15 is 0 Å². The Balaban J connectivity index is 2.30. The number of hydrogen-bond donors (Lipinski definition) is 0. The van der Waals surface area contributed by atoms with Crippen molar-refractivity contribution >= 4 is 33.3 Å². The van der Waals surface area contributed by atoms with E-state index in [0.717, 1.165) is 10.0 Å². The van der Waals surface area contributed by atoms with Crippen LogP contribution < -0.4 is 0 Å². The topological polar surface area (TPSA) is 56.0 Å². The maximum Gasteiger partial charge on any atom is 0.237 e. The van der Waals surface area contributed by atoms with Gasteiger partial charge in [-0.1, -0.05) is 23.7 Å². The zero-order valence-electron chi connectivity index (χ0n) is 10.5.